The molecule has 7 heteroatoms. The molecule has 0 aliphatic heterocycles. The van der Waals surface area contributed by atoms with Crippen molar-refractivity contribution in [3.8, 4) is 0 Å². The number of carboxylic acid groups (broad SMARTS) is 1. The molecule has 2 N–H and O–H groups in total. The highest BCUT2D eigenvalue weighted by atomic mass is 32.1. The van der Waals surface area contributed by atoms with Gasteiger partial charge < -0.3 is 15.2 Å². The number of methoxy groups -OCH3 is 1. The van der Waals surface area contributed by atoms with Gasteiger partial charge in [-0.3, -0.25) is 9.59 Å². The van der Waals surface area contributed by atoms with Crippen LogP contribution in [0.1, 0.15) is 28.7 Å². The van der Waals surface area contributed by atoms with E-state index >= 15 is 0 Å². The number of carbonyl (C=O) groups is 2. The number of rotatable bonds is 6. The van der Waals surface area contributed by atoms with Crippen LogP contribution >= 0.6 is 11.3 Å². The summed E-state index contributed by atoms with van der Waals surface area (Å²) in [5, 5.41) is 11.6. The van der Waals surface area contributed by atoms with Gasteiger partial charge in [0.2, 0.25) is 0 Å². The molecule has 100 valence electrons. The minimum Gasteiger partial charge on any atom is -0.481 e. The maximum absolute atomic E-state index is 12.0. The summed E-state index contributed by atoms with van der Waals surface area (Å²) < 4.78 is 4.97. The summed E-state index contributed by atoms with van der Waals surface area (Å²) in [6.45, 7) is 3.50. The van der Waals surface area contributed by atoms with Crippen LogP contribution < -0.4 is 5.32 Å². The molecule has 1 unspecified atom stereocenters. The van der Waals surface area contributed by atoms with E-state index in [1.54, 1.807) is 19.4 Å². The summed E-state index contributed by atoms with van der Waals surface area (Å²) in [5.41, 5.74) is 1.27. The van der Waals surface area contributed by atoms with Gasteiger partial charge in [-0.25, -0.2) is 4.98 Å². The average molecular weight is 272 g/mol. The molecule has 0 aliphatic rings. The minimum atomic E-state index is -0.990. The fraction of sp³-hybridized carbons (Fsp3) is 0.545. The Morgan fingerprint density at radius 1 is 1.61 bits per heavy atom. The number of amides is 1. The number of carboxylic acids is 1. The van der Waals surface area contributed by atoms with Gasteiger partial charge >= 0.3 is 5.97 Å². The molecule has 0 spiro atoms. The van der Waals surface area contributed by atoms with Crippen molar-refractivity contribution < 1.29 is 19.4 Å². The van der Waals surface area contributed by atoms with Crippen molar-refractivity contribution in [3.05, 3.63) is 16.1 Å². The molecular formula is C11H16N2O4S. The number of aromatic nitrogens is 1. The Bertz CT molecular complexity index is 446. The zero-order valence-corrected chi connectivity index (χ0v) is 11.3. The van der Waals surface area contributed by atoms with E-state index in [4.69, 9.17) is 9.84 Å². The van der Waals surface area contributed by atoms with E-state index in [-0.39, 0.29) is 18.9 Å². The smallest absolute Gasteiger partial charge is 0.305 e. The van der Waals surface area contributed by atoms with E-state index in [0.29, 0.717) is 10.6 Å². The number of aryl methyl sites for hydroxylation is 1. The highest BCUT2D eigenvalue weighted by Crippen LogP contribution is 2.16. The van der Waals surface area contributed by atoms with Crippen molar-refractivity contribution in [3.63, 3.8) is 0 Å². The number of carbonyl (C=O) groups excluding carboxylic acids is 1. The fourth-order valence-electron chi connectivity index (χ4n) is 1.63. The van der Waals surface area contributed by atoms with Crippen molar-refractivity contribution in [2.45, 2.75) is 25.8 Å². The number of aliphatic carboxylic acids is 1. The van der Waals surface area contributed by atoms with Gasteiger partial charge in [-0.1, -0.05) is 0 Å². The number of nitrogens with zero attached hydrogens (tertiary/aromatic N) is 1. The number of ether oxygens (including phenoxy) is 1. The molecule has 1 heterocycles. The molecule has 1 aromatic rings. The molecule has 0 aromatic carbocycles. The second-order valence-electron chi connectivity index (χ2n) is 4.29. The SMILES string of the molecule is COCC(C)(CC(=O)O)NC(=O)c1scnc1C. The van der Waals surface area contributed by atoms with Gasteiger partial charge in [-0.15, -0.1) is 11.3 Å². The molecule has 1 rings (SSSR count). The lowest BCUT2D eigenvalue weighted by molar-refractivity contribution is -0.139. The number of hydrogen-bond acceptors (Lipinski definition) is 5. The van der Waals surface area contributed by atoms with Crippen molar-refractivity contribution in [2.75, 3.05) is 13.7 Å². The Morgan fingerprint density at radius 2 is 2.28 bits per heavy atom. The second kappa shape index (κ2) is 5.92. The van der Waals surface area contributed by atoms with Crippen LogP contribution in [0.5, 0.6) is 0 Å². The molecule has 0 fully saturated rings. The first-order valence-corrected chi connectivity index (χ1v) is 6.19. The van der Waals surface area contributed by atoms with Crippen LogP contribution in [-0.2, 0) is 9.53 Å². The third-order valence-electron chi connectivity index (χ3n) is 2.37. The third-order valence-corrected chi connectivity index (χ3v) is 3.30. The largest absolute Gasteiger partial charge is 0.481 e. The third kappa shape index (κ3) is 3.78. The summed E-state index contributed by atoms with van der Waals surface area (Å²) in [6, 6.07) is 0. The quantitative estimate of drug-likeness (QED) is 0.808. The predicted octanol–water partition coefficient (Wildman–Crippen LogP) is 1.06. The molecule has 0 saturated heterocycles. The van der Waals surface area contributed by atoms with Crippen LogP contribution in [0.4, 0.5) is 0 Å². The molecule has 0 radical (unpaired) electrons. The zero-order valence-electron chi connectivity index (χ0n) is 10.5. The normalized spacial score (nSPS) is 13.9. The van der Waals surface area contributed by atoms with Gasteiger partial charge in [0, 0.05) is 7.11 Å². The van der Waals surface area contributed by atoms with E-state index < -0.39 is 11.5 Å². The molecule has 18 heavy (non-hydrogen) atoms. The molecule has 0 aliphatic carbocycles. The maximum atomic E-state index is 12.0. The van der Waals surface area contributed by atoms with Gasteiger partial charge in [0.05, 0.1) is 29.8 Å². The molecule has 1 atom stereocenters. The van der Waals surface area contributed by atoms with Crippen LogP contribution in [0, 0.1) is 6.92 Å². The van der Waals surface area contributed by atoms with Crippen LogP contribution in [-0.4, -0.2) is 41.2 Å². The van der Waals surface area contributed by atoms with Gasteiger partial charge in [0.15, 0.2) is 0 Å². The number of hydrogen-bond donors (Lipinski definition) is 2. The van der Waals surface area contributed by atoms with E-state index in [1.807, 2.05) is 0 Å². The zero-order chi connectivity index (χ0) is 13.8. The second-order valence-corrected chi connectivity index (χ2v) is 5.14. The van der Waals surface area contributed by atoms with Gasteiger partial charge in [-0.05, 0) is 13.8 Å². The van der Waals surface area contributed by atoms with E-state index in [1.165, 1.54) is 18.4 Å². The summed E-state index contributed by atoms with van der Waals surface area (Å²) in [5.74, 6) is -1.31. The highest BCUT2D eigenvalue weighted by molar-refractivity contribution is 7.11. The first-order chi connectivity index (χ1) is 8.38. The molecule has 1 amide bonds. The standard InChI is InChI=1S/C11H16N2O4S/c1-7-9(18-6-12-7)10(16)13-11(2,5-17-3)4-8(14)15/h6H,4-5H2,1-3H3,(H,13,16)(H,14,15). The highest BCUT2D eigenvalue weighted by Gasteiger charge is 2.30. The van der Waals surface area contributed by atoms with Crippen molar-refractivity contribution in [1.29, 1.82) is 0 Å². The summed E-state index contributed by atoms with van der Waals surface area (Å²) in [4.78, 5) is 27.3. The Balaban J connectivity index is 2.81. The molecule has 0 bridgehead atoms. The molecular weight excluding hydrogens is 256 g/mol. The first-order valence-electron chi connectivity index (χ1n) is 5.31. The van der Waals surface area contributed by atoms with Crippen LogP contribution in [0.25, 0.3) is 0 Å². The lowest BCUT2D eigenvalue weighted by atomic mass is 9.99. The lowest BCUT2D eigenvalue weighted by Crippen LogP contribution is -2.50. The Morgan fingerprint density at radius 3 is 2.72 bits per heavy atom. The molecule has 0 saturated carbocycles. The van der Waals surface area contributed by atoms with Gasteiger partial charge in [-0.2, -0.15) is 0 Å². The topological polar surface area (TPSA) is 88.5 Å². The van der Waals surface area contributed by atoms with E-state index in [9.17, 15) is 9.59 Å². The molecule has 6 nitrogen and oxygen atoms in total. The Labute approximate surface area is 109 Å². The van der Waals surface area contributed by atoms with Crippen molar-refractivity contribution in [1.82, 2.24) is 10.3 Å². The summed E-state index contributed by atoms with van der Waals surface area (Å²) in [6.07, 6.45) is -0.204. The summed E-state index contributed by atoms with van der Waals surface area (Å²) in [7, 11) is 1.46. The Hall–Kier alpha value is -1.47. The van der Waals surface area contributed by atoms with Gasteiger partial charge in [0.1, 0.15) is 4.88 Å². The Kier molecular flexibility index (Phi) is 4.80. The minimum absolute atomic E-state index is 0.128. The van der Waals surface area contributed by atoms with Crippen LogP contribution in [0.15, 0.2) is 5.51 Å². The van der Waals surface area contributed by atoms with E-state index in [2.05, 4.69) is 10.3 Å². The molecule has 1 aromatic heterocycles. The maximum Gasteiger partial charge on any atom is 0.305 e. The monoisotopic (exact) mass is 272 g/mol. The summed E-state index contributed by atoms with van der Waals surface area (Å²) >= 11 is 1.22. The van der Waals surface area contributed by atoms with E-state index in [0.717, 1.165) is 0 Å². The van der Waals surface area contributed by atoms with Gasteiger partial charge in [0.25, 0.3) is 5.91 Å². The average Bonchev–Trinajstić information content (AvgIpc) is 2.62. The number of thiazole rings is 1. The number of nitrogens with one attached hydrogen (secondary N) is 1. The van der Waals surface area contributed by atoms with Crippen LogP contribution in [0.3, 0.4) is 0 Å². The van der Waals surface area contributed by atoms with Crippen LogP contribution in [0.2, 0.25) is 0 Å². The lowest BCUT2D eigenvalue weighted by Gasteiger charge is -2.28. The van der Waals surface area contributed by atoms with Crippen molar-refractivity contribution >= 4 is 23.2 Å². The first kappa shape index (κ1) is 14.6. The van der Waals surface area contributed by atoms with Crippen molar-refractivity contribution in [2.24, 2.45) is 0 Å². The fourth-order valence-corrected chi connectivity index (χ4v) is 2.33. The predicted molar refractivity (Wildman–Crippen MR) is 66.9 cm³/mol.